The van der Waals surface area contributed by atoms with Gasteiger partial charge in [0.2, 0.25) is 0 Å². The molecule has 0 spiro atoms. The molecule has 1 aliphatic heterocycles. The van der Waals surface area contributed by atoms with Crippen molar-refractivity contribution in [2.45, 2.75) is 25.3 Å². The molecular weight excluding hydrogens is 148 g/mol. The molecule has 2 rings (SSSR count). The smallest absolute Gasteiger partial charge is 0.0843 e. The molecule has 0 bridgehead atoms. The third kappa shape index (κ3) is 1.64. The number of hydrogen-bond donors (Lipinski definition) is 1. The van der Waals surface area contributed by atoms with Crippen LogP contribution < -0.4 is 5.32 Å². The average molecular weight is 166 g/mol. The number of pyridine rings is 1. The molecule has 12 heavy (non-hydrogen) atoms. The normalized spacial score (nSPS) is 28.5. The quantitative estimate of drug-likeness (QED) is 0.689. The maximum absolute atomic E-state index is 7.81. The molecule has 1 fully saturated rings. The highest BCUT2D eigenvalue weighted by atomic mass is 14.9. The summed E-state index contributed by atoms with van der Waals surface area (Å²) < 4.78 is 30.4. The monoisotopic (exact) mass is 166 g/mol. The van der Waals surface area contributed by atoms with Crippen molar-refractivity contribution < 1.29 is 5.48 Å². The van der Waals surface area contributed by atoms with Gasteiger partial charge in [-0.15, -0.1) is 0 Å². The first kappa shape index (κ1) is 4.38. The number of aromatic nitrogens is 1. The van der Waals surface area contributed by atoms with Crippen molar-refractivity contribution in [3.8, 4) is 0 Å². The average Bonchev–Trinajstić information content (AvgIpc) is 2.28. The van der Waals surface area contributed by atoms with Gasteiger partial charge in [0.05, 0.1) is 5.48 Å². The predicted octanol–water partition coefficient (Wildman–Crippen LogP) is 1.90. The van der Waals surface area contributed by atoms with E-state index in [1.54, 1.807) is 0 Å². The fourth-order valence-electron chi connectivity index (χ4n) is 1.50. The molecule has 1 saturated heterocycles. The van der Waals surface area contributed by atoms with Crippen LogP contribution in [0.3, 0.4) is 0 Å². The topological polar surface area (TPSA) is 24.9 Å². The van der Waals surface area contributed by atoms with Gasteiger partial charge in [0, 0.05) is 18.4 Å². The Labute approximate surface area is 78.6 Å². The van der Waals surface area contributed by atoms with Crippen LogP contribution in [0.15, 0.2) is 24.4 Å². The van der Waals surface area contributed by atoms with Gasteiger partial charge in [0.25, 0.3) is 0 Å². The Morgan fingerprint density at radius 1 is 1.58 bits per heavy atom. The van der Waals surface area contributed by atoms with Gasteiger partial charge in [-0.05, 0) is 31.0 Å². The van der Waals surface area contributed by atoms with E-state index in [4.69, 9.17) is 5.48 Å². The summed E-state index contributed by atoms with van der Waals surface area (Å²) in [6.07, 6.45) is 2.72. The van der Waals surface area contributed by atoms with E-state index >= 15 is 0 Å². The molecule has 1 aromatic rings. The second-order valence-electron chi connectivity index (χ2n) is 3.00. The first-order valence-corrected chi connectivity index (χ1v) is 4.29. The first-order valence-electron chi connectivity index (χ1n) is 6.29. The molecular formula is C10H14N2. The number of hydrogen-bond acceptors (Lipinski definition) is 2. The van der Waals surface area contributed by atoms with Crippen LogP contribution in [0.1, 0.15) is 36.4 Å². The highest BCUT2D eigenvalue weighted by Crippen LogP contribution is 2.21. The van der Waals surface area contributed by atoms with E-state index < -0.39 is 0 Å². The lowest BCUT2D eigenvalue weighted by molar-refractivity contribution is 0.411. The molecule has 1 aliphatic rings. The van der Waals surface area contributed by atoms with Crippen molar-refractivity contribution in [1.29, 1.82) is 0 Å². The van der Waals surface area contributed by atoms with Crippen LogP contribution in [0.4, 0.5) is 0 Å². The van der Waals surface area contributed by atoms with Crippen LogP contribution in [0.5, 0.6) is 0 Å². The highest BCUT2D eigenvalue weighted by molar-refractivity contribution is 5.14. The summed E-state index contributed by atoms with van der Waals surface area (Å²) in [5, 5.41) is 3.24. The lowest BCUT2D eigenvalue weighted by atomic mass is 9.99. The third-order valence-corrected chi connectivity index (χ3v) is 2.14. The molecule has 1 atom stereocenters. The van der Waals surface area contributed by atoms with Gasteiger partial charge >= 0.3 is 0 Å². The Hall–Kier alpha value is -0.890. The van der Waals surface area contributed by atoms with Gasteiger partial charge in [0.15, 0.2) is 0 Å². The molecule has 0 aliphatic carbocycles. The summed E-state index contributed by atoms with van der Waals surface area (Å²) in [5.41, 5.74) is 0.473. The Bertz CT molecular complexity index is 402. The van der Waals surface area contributed by atoms with Gasteiger partial charge in [-0.1, -0.05) is 12.5 Å². The van der Waals surface area contributed by atoms with Gasteiger partial charge < -0.3 is 5.32 Å². The van der Waals surface area contributed by atoms with Crippen LogP contribution in [0.2, 0.25) is 0 Å². The van der Waals surface area contributed by atoms with Crippen molar-refractivity contribution in [3.63, 3.8) is 0 Å². The van der Waals surface area contributed by atoms with E-state index in [0.29, 0.717) is 5.56 Å². The van der Waals surface area contributed by atoms with Crippen molar-refractivity contribution in [2.24, 2.45) is 0 Å². The molecule has 1 N–H and O–H groups in total. The van der Waals surface area contributed by atoms with E-state index in [1.807, 2.05) is 0 Å². The fourth-order valence-corrected chi connectivity index (χ4v) is 1.50. The van der Waals surface area contributed by atoms with Crippen LogP contribution in [-0.4, -0.2) is 11.5 Å². The van der Waals surface area contributed by atoms with E-state index in [-0.39, 0.29) is 30.5 Å². The van der Waals surface area contributed by atoms with Crippen LogP contribution in [0.25, 0.3) is 0 Å². The second-order valence-corrected chi connectivity index (χ2v) is 3.00. The third-order valence-electron chi connectivity index (χ3n) is 2.14. The summed E-state index contributed by atoms with van der Waals surface area (Å²) >= 11 is 0. The van der Waals surface area contributed by atoms with Gasteiger partial charge in [-0.25, -0.2) is 0 Å². The van der Waals surface area contributed by atoms with E-state index in [0.717, 1.165) is 25.8 Å². The minimum Gasteiger partial charge on any atom is -0.310 e. The first-order chi connectivity index (χ1) is 7.61. The van der Waals surface area contributed by atoms with Crippen LogP contribution in [-0.2, 0) is 0 Å². The Kier molecular flexibility index (Phi) is 1.34. The standard InChI is InChI=1S/C10H14N2/c1-2-7-12-10(5-1)9-4-3-6-11-8-9/h3-4,6,8,10,12H,1-2,5,7H2/t10-/m0/s1/i3D,4D,6D,8D. The lowest BCUT2D eigenvalue weighted by Crippen LogP contribution is -2.26. The van der Waals surface area contributed by atoms with E-state index in [1.165, 1.54) is 0 Å². The zero-order valence-corrected chi connectivity index (χ0v) is 6.85. The van der Waals surface area contributed by atoms with Crippen molar-refractivity contribution >= 4 is 0 Å². The summed E-state index contributed by atoms with van der Waals surface area (Å²) in [7, 11) is 0. The maximum Gasteiger partial charge on any atom is 0.0843 e. The zero-order chi connectivity index (χ0) is 11.7. The largest absolute Gasteiger partial charge is 0.310 e. The molecule has 0 amide bonds. The highest BCUT2D eigenvalue weighted by Gasteiger charge is 2.13. The molecule has 2 heteroatoms. The molecule has 2 heterocycles. The van der Waals surface area contributed by atoms with Crippen molar-refractivity contribution in [1.82, 2.24) is 10.3 Å². The van der Waals surface area contributed by atoms with Crippen molar-refractivity contribution in [3.05, 3.63) is 30.0 Å². The Morgan fingerprint density at radius 3 is 3.42 bits per heavy atom. The molecule has 2 nitrogen and oxygen atoms in total. The van der Waals surface area contributed by atoms with E-state index in [9.17, 15) is 0 Å². The number of piperidine rings is 1. The molecule has 1 aromatic heterocycles. The fraction of sp³-hybridized carbons (Fsp3) is 0.500. The van der Waals surface area contributed by atoms with Crippen LogP contribution >= 0.6 is 0 Å². The molecule has 0 saturated carbocycles. The minimum atomic E-state index is -0.283. The zero-order valence-electron chi connectivity index (χ0n) is 10.9. The molecule has 0 unspecified atom stereocenters. The number of rotatable bonds is 1. The summed E-state index contributed by atoms with van der Waals surface area (Å²) in [6.45, 7) is 0.875. The summed E-state index contributed by atoms with van der Waals surface area (Å²) in [4.78, 5) is 3.69. The van der Waals surface area contributed by atoms with Gasteiger partial charge in [-0.3, -0.25) is 4.98 Å². The predicted molar refractivity (Wildman–Crippen MR) is 48.8 cm³/mol. The van der Waals surface area contributed by atoms with Crippen LogP contribution in [0, 0.1) is 0 Å². The minimum absolute atomic E-state index is 0.0237. The Balaban J connectivity index is 2.42. The van der Waals surface area contributed by atoms with Gasteiger partial charge in [-0.2, -0.15) is 0 Å². The van der Waals surface area contributed by atoms with Gasteiger partial charge in [0.1, 0.15) is 0 Å². The van der Waals surface area contributed by atoms with Crippen molar-refractivity contribution in [2.75, 3.05) is 6.54 Å². The summed E-state index contributed by atoms with van der Waals surface area (Å²) in [6, 6.07) is -0.256. The lowest BCUT2D eigenvalue weighted by Gasteiger charge is -2.23. The molecule has 0 radical (unpaired) electrons. The summed E-state index contributed by atoms with van der Waals surface area (Å²) in [5.74, 6) is 0. The van der Waals surface area contributed by atoms with E-state index in [2.05, 4.69) is 10.3 Å². The maximum atomic E-state index is 7.81. The second kappa shape index (κ2) is 3.68. The number of nitrogens with zero attached hydrogens (tertiary/aromatic N) is 1. The SMILES string of the molecule is [2H]c1nc([2H])c([C@@H]2CCCCN2)c([2H])c1[2H]. The molecule has 64 valence electrons. The molecule has 0 aromatic carbocycles. The number of nitrogens with one attached hydrogen (secondary N) is 1. The Morgan fingerprint density at radius 2 is 2.58 bits per heavy atom.